The van der Waals surface area contributed by atoms with Crippen LogP contribution in [0.1, 0.15) is 74.8 Å². The van der Waals surface area contributed by atoms with E-state index in [9.17, 15) is 14.7 Å². The molecule has 0 radical (unpaired) electrons. The second-order valence-electron chi connectivity index (χ2n) is 15.1. The fraction of sp³-hybridized carbons (Fsp3) is 0.500. The van der Waals surface area contributed by atoms with Gasteiger partial charge in [-0.3, -0.25) is 0 Å². The second kappa shape index (κ2) is 16.2. The third kappa shape index (κ3) is 11.8. The van der Waals surface area contributed by atoms with E-state index in [2.05, 4.69) is 15.9 Å². The second-order valence-corrected chi connectivity index (χ2v) is 16.8. The molecular formula is C36H48BBrCl2N2O8. The van der Waals surface area contributed by atoms with Gasteiger partial charge in [-0.2, -0.15) is 0 Å². The van der Waals surface area contributed by atoms with E-state index in [0.29, 0.717) is 36.2 Å². The molecule has 0 spiro atoms. The summed E-state index contributed by atoms with van der Waals surface area (Å²) in [5.74, 6) is 0.145. The summed E-state index contributed by atoms with van der Waals surface area (Å²) in [5.41, 5.74) is 1.11. The first-order valence-corrected chi connectivity index (χ1v) is 17.7. The molecule has 5 rings (SSSR count). The Morgan fingerprint density at radius 2 is 1.24 bits per heavy atom. The van der Waals surface area contributed by atoms with Gasteiger partial charge in [-0.15, -0.1) is 0 Å². The van der Waals surface area contributed by atoms with Crippen LogP contribution in [0.3, 0.4) is 0 Å². The fourth-order valence-electron chi connectivity index (χ4n) is 4.64. The normalized spacial score (nSPS) is 18.0. The first kappa shape index (κ1) is 41.5. The minimum atomic E-state index is -0.502. The van der Waals surface area contributed by atoms with Crippen molar-refractivity contribution in [2.45, 2.75) is 91.6 Å². The minimum absolute atomic E-state index is 0.0424. The topological polar surface area (TPSA) is 118 Å². The first-order valence-electron chi connectivity index (χ1n) is 16.2. The summed E-state index contributed by atoms with van der Waals surface area (Å²) < 4.78 is 23.6. The number of nitrogens with zero attached hydrogens (tertiary/aromatic N) is 2. The lowest BCUT2D eigenvalue weighted by molar-refractivity contribution is 0.00578. The first-order chi connectivity index (χ1) is 22.9. The average molecular weight is 798 g/mol. The van der Waals surface area contributed by atoms with Crippen LogP contribution in [-0.2, 0) is 18.8 Å². The molecule has 10 nitrogen and oxygen atoms in total. The molecule has 274 valence electrons. The number of amides is 2. The summed E-state index contributed by atoms with van der Waals surface area (Å²) in [6.45, 7) is 21.2. The summed E-state index contributed by atoms with van der Waals surface area (Å²) in [4.78, 5) is 27.3. The molecule has 2 aromatic rings. The summed E-state index contributed by atoms with van der Waals surface area (Å²) >= 11 is 14.5. The Labute approximate surface area is 314 Å². The molecular weight excluding hydrogens is 750 g/mol. The van der Waals surface area contributed by atoms with Gasteiger partial charge in [-0.1, -0.05) is 57.4 Å². The van der Waals surface area contributed by atoms with Crippen molar-refractivity contribution >= 4 is 64.0 Å². The van der Waals surface area contributed by atoms with E-state index in [1.807, 2.05) is 87.5 Å². The van der Waals surface area contributed by atoms with Gasteiger partial charge in [0.2, 0.25) is 0 Å². The van der Waals surface area contributed by atoms with Crippen LogP contribution < -0.4 is 0 Å². The zero-order valence-corrected chi connectivity index (χ0v) is 33.5. The van der Waals surface area contributed by atoms with Gasteiger partial charge in [0.1, 0.15) is 22.7 Å². The Morgan fingerprint density at radius 1 is 0.780 bits per heavy atom. The lowest BCUT2D eigenvalue weighted by Gasteiger charge is -2.32. The molecule has 0 saturated carbocycles. The Balaban J connectivity index is 0.000000218. The molecule has 0 unspecified atom stereocenters. The molecule has 0 bridgehead atoms. The molecule has 50 heavy (non-hydrogen) atoms. The number of rotatable bonds is 2. The van der Waals surface area contributed by atoms with Crippen molar-refractivity contribution in [3.05, 3.63) is 74.1 Å². The number of aromatic hydroxyl groups is 2. The average Bonchev–Trinajstić information content (AvgIpc) is 3.70. The molecule has 0 aliphatic carbocycles. The number of phenolic OH excluding ortho intramolecular Hbond substituents is 2. The highest BCUT2D eigenvalue weighted by molar-refractivity contribution is 9.10. The van der Waals surface area contributed by atoms with Gasteiger partial charge in [0.15, 0.2) is 0 Å². The Hall–Kier alpha value is -2.90. The predicted molar refractivity (Wildman–Crippen MR) is 202 cm³/mol. The predicted octanol–water partition coefficient (Wildman–Crippen LogP) is 9.28. The van der Waals surface area contributed by atoms with Gasteiger partial charge in [0, 0.05) is 30.7 Å². The Morgan fingerprint density at radius 3 is 1.70 bits per heavy atom. The van der Waals surface area contributed by atoms with Crippen molar-refractivity contribution < 1.29 is 38.6 Å². The van der Waals surface area contributed by atoms with E-state index in [4.69, 9.17) is 47.1 Å². The van der Waals surface area contributed by atoms with Crippen LogP contribution in [0.15, 0.2) is 58.5 Å². The highest BCUT2D eigenvalue weighted by Gasteiger charge is 2.53. The van der Waals surface area contributed by atoms with Crippen molar-refractivity contribution in [3.8, 4) is 11.5 Å². The molecule has 2 aromatic carbocycles. The molecule has 1 saturated heterocycles. The van der Waals surface area contributed by atoms with E-state index in [1.165, 1.54) is 0 Å². The highest BCUT2D eigenvalue weighted by Crippen LogP contribution is 2.39. The van der Waals surface area contributed by atoms with Crippen molar-refractivity contribution in [1.29, 1.82) is 0 Å². The standard InChI is InChI=1S/C15H26BNO4.C15H18ClNO3.C6H4BrClO/c1-13(2,3)19-12(18)17-9-8-11(10-17)16-20-14(4,5)15(6,7)21-16;1-15(2,3)20-14(19)17-7-6-11(9-17)10-4-5-12(16)13(18)8-10;7-4-1-2-5(8)6(9)3-4/h8H,9-10H2,1-7H3;4-6,8,18H,7,9H2,1-3H3;1-3,9H. The molecule has 0 atom stereocenters. The van der Waals surface area contributed by atoms with E-state index in [0.717, 1.165) is 21.1 Å². The number of hydrogen-bond donors (Lipinski definition) is 2. The van der Waals surface area contributed by atoms with E-state index >= 15 is 0 Å². The van der Waals surface area contributed by atoms with Crippen LogP contribution in [0.5, 0.6) is 11.5 Å². The molecule has 2 amide bonds. The van der Waals surface area contributed by atoms with Crippen LogP contribution in [0.2, 0.25) is 10.0 Å². The monoisotopic (exact) mass is 796 g/mol. The largest absolute Gasteiger partial charge is 0.506 e. The van der Waals surface area contributed by atoms with Gasteiger partial charge >= 0.3 is 19.3 Å². The van der Waals surface area contributed by atoms with Crippen molar-refractivity contribution in [2.75, 3.05) is 26.2 Å². The quantitative estimate of drug-likeness (QED) is 0.289. The van der Waals surface area contributed by atoms with Crippen molar-refractivity contribution in [3.63, 3.8) is 0 Å². The SMILES string of the molecule is CC(C)(C)OC(=O)N1CC=C(B2OC(C)(C)C(C)(C)O2)C1.CC(C)(C)OC(=O)N1CC=C(c2ccc(Cl)c(O)c2)C1.Oc1cc(Br)ccc1Cl. The van der Waals surface area contributed by atoms with Crippen molar-refractivity contribution in [1.82, 2.24) is 9.80 Å². The van der Waals surface area contributed by atoms with Crippen molar-refractivity contribution in [2.24, 2.45) is 0 Å². The van der Waals surface area contributed by atoms with Gasteiger partial charge in [-0.25, -0.2) is 9.59 Å². The van der Waals surface area contributed by atoms with Gasteiger partial charge < -0.3 is 38.8 Å². The van der Waals surface area contributed by atoms with Gasteiger partial charge in [0.25, 0.3) is 0 Å². The number of halogens is 3. The maximum Gasteiger partial charge on any atom is 0.492 e. The Bertz CT molecular complexity index is 1600. The number of carbonyl (C=O) groups excluding carboxylic acids is 2. The fourth-order valence-corrected chi connectivity index (χ4v) is 5.22. The third-order valence-corrected chi connectivity index (χ3v) is 9.08. The molecule has 3 aliphatic rings. The Kier molecular flexibility index (Phi) is 13.4. The number of phenols is 2. The summed E-state index contributed by atoms with van der Waals surface area (Å²) in [6.07, 6.45) is 3.31. The van der Waals surface area contributed by atoms with Crippen LogP contribution in [-0.4, -0.2) is 87.9 Å². The zero-order chi connectivity index (χ0) is 37.8. The maximum atomic E-state index is 12.1. The number of ether oxygens (including phenoxy) is 2. The van der Waals surface area contributed by atoms with Crippen LogP contribution in [0.25, 0.3) is 5.57 Å². The minimum Gasteiger partial charge on any atom is -0.506 e. The number of hydrogen-bond acceptors (Lipinski definition) is 8. The molecule has 1 fully saturated rings. The number of carbonyl (C=O) groups is 2. The molecule has 2 N–H and O–H groups in total. The number of benzene rings is 2. The maximum absolute atomic E-state index is 12.1. The van der Waals surface area contributed by atoms with Crippen LogP contribution in [0.4, 0.5) is 9.59 Å². The summed E-state index contributed by atoms with van der Waals surface area (Å²) in [7, 11) is -0.387. The molecule has 3 aliphatic heterocycles. The van der Waals surface area contributed by atoms with Crippen LogP contribution >= 0.6 is 39.1 Å². The summed E-state index contributed by atoms with van der Waals surface area (Å²) in [6, 6.07) is 10.0. The van der Waals surface area contributed by atoms with Gasteiger partial charge in [0.05, 0.1) is 21.2 Å². The molecule has 14 heteroatoms. The third-order valence-electron chi connectivity index (χ3n) is 7.95. The van der Waals surface area contributed by atoms with Gasteiger partial charge in [-0.05, 0) is 116 Å². The van der Waals surface area contributed by atoms with E-state index < -0.39 is 11.2 Å². The highest BCUT2D eigenvalue weighted by atomic mass is 79.9. The van der Waals surface area contributed by atoms with E-state index in [1.54, 1.807) is 40.1 Å². The summed E-state index contributed by atoms with van der Waals surface area (Å²) in [5, 5.41) is 19.3. The zero-order valence-electron chi connectivity index (χ0n) is 30.4. The van der Waals surface area contributed by atoms with E-state index in [-0.39, 0.29) is 42.0 Å². The molecule has 0 aromatic heterocycles. The van der Waals surface area contributed by atoms with Crippen LogP contribution in [0, 0.1) is 0 Å². The smallest absolute Gasteiger partial charge is 0.492 e. The lowest BCUT2D eigenvalue weighted by Crippen LogP contribution is -2.41. The lowest BCUT2D eigenvalue weighted by atomic mass is 9.79. The molecule has 3 heterocycles.